The van der Waals surface area contributed by atoms with Crippen molar-refractivity contribution in [3.63, 3.8) is 0 Å². The van der Waals surface area contributed by atoms with Gasteiger partial charge in [0.05, 0.1) is 0 Å². The summed E-state index contributed by atoms with van der Waals surface area (Å²) in [6.45, 7) is 0.693. The number of hydrogen-bond donors (Lipinski definition) is 2. The molecule has 0 aliphatic carbocycles. The molecule has 5 nitrogen and oxygen atoms in total. The van der Waals surface area contributed by atoms with Crippen molar-refractivity contribution in [2.75, 3.05) is 17.2 Å². The molecule has 1 aliphatic rings. The lowest BCUT2D eigenvalue weighted by Gasteiger charge is -2.18. The Morgan fingerprint density at radius 2 is 2.23 bits per heavy atom. The Kier molecular flexibility index (Phi) is 1.91. The number of anilines is 2. The van der Waals surface area contributed by atoms with Crippen molar-refractivity contribution in [1.29, 1.82) is 0 Å². The standard InChI is InChI=1S/C7H10N4OS/c8-4-5(9)10-7(12)11-2-1-3-13-6(4)11/h1-3,8H2,(H2,9,10,12). The summed E-state index contributed by atoms with van der Waals surface area (Å²) in [5.74, 6) is 1.12. The molecular weight excluding hydrogens is 188 g/mol. The zero-order chi connectivity index (χ0) is 9.42. The van der Waals surface area contributed by atoms with Crippen molar-refractivity contribution in [2.24, 2.45) is 0 Å². The average molecular weight is 198 g/mol. The molecule has 0 fully saturated rings. The maximum atomic E-state index is 11.3. The number of nitrogens with zero attached hydrogens (tertiary/aromatic N) is 2. The van der Waals surface area contributed by atoms with Crippen LogP contribution >= 0.6 is 11.8 Å². The molecule has 0 aromatic carbocycles. The molecular formula is C7H10N4OS. The van der Waals surface area contributed by atoms with E-state index in [4.69, 9.17) is 11.5 Å². The first kappa shape index (κ1) is 8.43. The first-order chi connectivity index (χ1) is 6.20. The molecule has 0 spiro atoms. The Morgan fingerprint density at radius 3 is 3.00 bits per heavy atom. The lowest BCUT2D eigenvalue weighted by atomic mass is 10.4. The number of aromatic nitrogens is 2. The predicted octanol–water partition coefficient (Wildman–Crippen LogP) is -0.0965. The molecule has 6 heteroatoms. The predicted molar refractivity (Wildman–Crippen MR) is 52.7 cm³/mol. The lowest BCUT2D eigenvalue weighted by Crippen LogP contribution is -2.29. The number of rotatable bonds is 0. The van der Waals surface area contributed by atoms with E-state index in [2.05, 4.69) is 4.98 Å². The molecule has 2 heterocycles. The van der Waals surface area contributed by atoms with E-state index in [1.54, 1.807) is 16.3 Å². The smallest absolute Gasteiger partial charge is 0.350 e. The van der Waals surface area contributed by atoms with Crippen molar-refractivity contribution in [3.05, 3.63) is 10.5 Å². The highest BCUT2D eigenvalue weighted by Crippen LogP contribution is 2.30. The Bertz CT molecular complexity index is 400. The van der Waals surface area contributed by atoms with Crippen LogP contribution in [0, 0.1) is 0 Å². The second-order valence-electron chi connectivity index (χ2n) is 2.85. The van der Waals surface area contributed by atoms with Crippen molar-refractivity contribution in [3.8, 4) is 0 Å². The third-order valence-corrected chi connectivity index (χ3v) is 3.17. The van der Waals surface area contributed by atoms with Gasteiger partial charge in [-0.3, -0.25) is 4.57 Å². The summed E-state index contributed by atoms with van der Waals surface area (Å²) in [5.41, 5.74) is 11.3. The topological polar surface area (TPSA) is 86.9 Å². The van der Waals surface area contributed by atoms with Crippen molar-refractivity contribution in [1.82, 2.24) is 9.55 Å². The van der Waals surface area contributed by atoms with Gasteiger partial charge in [0.25, 0.3) is 0 Å². The summed E-state index contributed by atoms with van der Waals surface area (Å²) < 4.78 is 1.58. The molecule has 0 saturated carbocycles. The van der Waals surface area contributed by atoms with Gasteiger partial charge in [-0.25, -0.2) is 4.79 Å². The molecule has 70 valence electrons. The van der Waals surface area contributed by atoms with Gasteiger partial charge in [-0.2, -0.15) is 4.98 Å². The van der Waals surface area contributed by atoms with Crippen LogP contribution in [-0.4, -0.2) is 15.3 Å². The number of nitrogens with two attached hydrogens (primary N) is 2. The van der Waals surface area contributed by atoms with E-state index in [1.165, 1.54) is 0 Å². The summed E-state index contributed by atoms with van der Waals surface area (Å²) in [6, 6.07) is 0. The Balaban J connectivity index is 2.70. The first-order valence-corrected chi connectivity index (χ1v) is 4.97. The van der Waals surface area contributed by atoms with Crippen LogP contribution in [0.5, 0.6) is 0 Å². The number of fused-ring (bicyclic) bond motifs is 1. The summed E-state index contributed by atoms with van der Waals surface area (Å²) in [6.07, 6.45) is 0.975. The summed E-state index contributed by atoms with van der Waals surface area (Å²) in [4.78, 5) is 15.0. The minimum absolute atomic E-state index is 0.144. The van der Waals surface area contributed by atoms with Gasteiger partial charge in [-0.15, -0.1) is 11.8 Å². The van der Waals surface area contributed by atoms with E-state index in [9.17, 15) is 4.79 Å². The van der Waals surface area contributed by atoms with E-state index in [1.807, 2.05) is 0 Å². The number of nitrogen functional groups attached to an aromatic ring is 2. The van der Waals surface area contributed by atoms with Crippen molar-refractivity contribution >= 4 is 23.3 Å². The molecule has 0 bridgehead atoms. The molecule has 0 radical (unpaired) electrons. The van der Waals surface area contributed by atoms with Crippen molar-refractivity contribution in [2.45, 2.75) is 18.0 Å². The van der Waals surface area contributed by atoms with Crippen LogP contribution in [-0.2, 0) is 6.54 Å². The van der Waals surface area contributed by atoms with Crippen LogP contribution in [0.25, 0.3) is 0 Å². The van der Waals surface area contributed by atoms with Gasteiger partial charge >= 0.3 is 5.69 Å². The molecule has 1 aromatic heterocycles. The van der Waals surface area contributed by atoms with Gasteiger partial charge in [-0.1, -0.05) is 0 Å². The summed E-state index contributed by atoms with van der Waals surface area (Å²) in [7, 11) is 0. The van der Waals surface area contributed by atoms with Gasteiger partial charge in [-0.05, 0) is 6.42 Å². The minimum atomic E-state index is -0.297. The Labute approximate surface area is 79.1 Å². The third kappa shape index (κ3) is 1.27. The molecule has 4 N–H and O–H groups in total. The van der Waals surface area contributed by atoms with Crippen LogP contribution in [0.4, 0.5) is 11.5 Å². The van der Waals surface area contributed by atoms with Crippen LogP contribution in [0.2, 0.25) is 0 Å². The third-order valence-electron chi connectivity index (χ3n) is 1.96. The highest BCUT2D eigenvalue weighted by Gasteiger charge is 2.16. The monoisotopic (exact) mass is 198 g/mol. The van der Waals surface area contributed by atoms with Gasteiger partial charge in [0.15, 0.2) is 5.82 Å². The van der Waals surface area contributed by atoms with Crippen LogP contribution in [0.1, 0.15) is 6.42 Å². The zero-order valence-electron chi connectivity index (χ0n) is 6.99. The van der Waals surface area contributed by atoms with Crippen LogP contribution in [0.3, 0.4) is 0 Å². The summed E-state index contributed by atoms with van der Waals surface area (Å²) >= 11 is 1.56. The highest BCUT2D eigenvalue weighted by molar-refractivity contribution is 7.99. The molecule has 1 aliphatic heterocycles. The van der Waals surface area contributed by atoms with Crippen LogP contribution in [0.15, 0.2) is 9.82 Å². The molecule has 2 rings (SSSR count). The molecule has 0 amide bonds. The average Bonchev–Trinajstić information content (AvgIpc) is 2.15. The van der Waals surface area contributed by atoms with Crippen molar-refractivity contribution < 1.29 is 0 Å². The van der Waals surface area contributed by atoms with E-state index in [0.29, 0.717) is 12.2 Å². The van der Waals surface area contributed by atoms with E-state index >= 15 is 0 Å². The van der Waals surface area contributed by atoms with Gasteiger partial charge in [0, 0.05) is 12.3 Å². The van der Waals surface area contributed by atoms with E-state index in [-0.39, 0.29) is 11.5 Å². The number of thioether (sulfide) groups is 1. The SMILES string of the molecule is Nc1nc(=O)n2c(c1N)SCCC2. The Morgan fingerprint density at radius 1 is 1.46 bits per heavy atom. The zero-order valence-corrected chi connectivity index (χ0v) is 7.80. The maximum absolute atomic E-state index is 11.3. The highest BCUT2D eigenvalue weighted by atomic mass is 32.2. The molecule has 0 unspecified atom stereocenters. The second kappa shape index (κ2) is 2.95. The minimum Gasteiger partial charge on any atom is -0.394 e. The molecule has 1 aromatic rings. The molecule has 0 saturated heterocycles. The van der Waals surface area contributed by atoms with E-state index in [0.717, 1.165) is 17.2 Å². The fourth-order valence-corrected chi connectivity index (χ4v) is 2.36. The lowest BCUT2D eigenvalue weighted by molar-refractivity contribution is 0.578. The van der Waals surface area contributed by atoms with Crippen LogP contribution < -0.4 is 17.2 Å². The van der Waals surface area contributed by atoms with E-state index < -0.39 is 0 Å². The quantitative estimate of drug-likeness (QED) is 0.569. The first-order valence-electron chi connectivity index (χ1n) is 3.98. The normalized spacial score (nSPS) is 15.4. The second-order valence-corrected chi connectivity index (χ2v) is 3.94. The maximum Gasteiger partial charge on any atom is 0.350 e. The Hall–Kier alpha value is -1.17. The van der Waals surface area contributed by atoms with Gasteiger partial charge in [0.1, 0.15) is 10.7 Å². The largest absolute Gasteiger partial charge is 0.394 e. The summed E-state index contributed by atoms with van der Waals surface area (Å²) in [5, 5.41) is 0.767. The fourth-order valence-electron chi connectivity index (χ4n) is 1.31. The van der Waals surface area contributed by atoms with Gasteiger partial charge in [0.2, 0.25) is 0 Å². The molecule has 0 atom stereocenters. The van der Waals surface area contributed by atoms with Gasteiger partial charge < -0.3 is 11.5 Å². The molecule has 13 heavy (non-hydrogen) atoms. The fraction of sp³-hybridized carbons (Fsp3) is 0.429. The number of hydrogen-bond acceptors (Lipinski definition) is 5.